The van der Waals surface area contributed by atoms with E-state index in [1.807, 2.05) is 19.1 Å². The van der Waals surface area contributed by atoms with Crippen LogP contribution >= 0.6 is 0 Å². The number of anilines is 1. The fourth-order valence-corrected chi connectivity index (χ4v) is 3.40. The number of amides is 1. The second-order valence-corrected chi connectivity index (χ2v) is 6.45. The van der Waals surface area contributed by atoms with E-state index in [9.17, 15) is 9.18 Å². The largest absolute Gasteiger partial charge is 0.297 e. The molecule has 1 amide bonds. The monoisotopic (exact) mass is 351 g/mol. The van der Waals surface area contributed by atoms with Crippen molar-refractivity contribution in [3.63, 3.8) is 0 Å². The smallest absolute Gasteiger partial charge is 0.231 e. The maximum Gasteiger partial charge on any atom is 0.231 e. The molecule has 3 aromatic rings. The Kier molecular flexibility index (Phi) is 4.20. The number of halogens is 1. The van der Waals surface area contributed by atoms with E-state index in [0.717, 1.165) is 34.6 Å². The number of hydrogen-bond donors (Lipinski definition) is 1. The highest BCUT2D eigenvalue weighted by Gasteiger charge is 2.34. The zero-order valence-corrected chi connectivity index (χ0v) is 14.3. The maximum absolute atomic E-state index is 12.9. The molecule has 0 bridgehead atoms. The molecule has 1 atom stereocenters. The normalized spacial score (nSPS) is 17.1. The fraction of sp³-hybridized carbons (Fsp3) is 0.263. The molecule has 1 N–H and O–H groups in total. The summed E-state index contributed by atoms with van der Waals surface area (Å²) < 4.78 is 12.9. The van der Waals surface area contributed by atoms with Crippen molar-refractivity contribution in [2.75, 3.05) is 11.4 Å². The lowest BCUT2D eigenvalue weighted by Gasteiger charge is -2.16. The molecule has 0 radical (unpaired) electrons. The van der Waals surface area contributed by atoms with Crippen LogP contribution in [0, 0.1) is 18.8 Å². The van der Waals surface area contributed by atoms with E-state index < -0.39 is 5.95 Å². The van der Waals surface area contributed by atoms with Crippen molar-refractivity contribution in [1.29, 1.82) is 0 Å². The van der Waals surface area contributed by atoms with Crippen molar-refractivity contribution in [3.8, 4) is 11.3 Å². The average molecular weight is 351 g/mol. The molecule has 0 unspecified atom stereocenters. The molecule has 0 spiro atoms. The van der Waals surface area contributed by atoms with Gasteiger partial charge in [-0.1, -0.05) is 6.07 Å². The molecule has 1 aliphatic rings. The number of nitrogens with one attached hydrogen (secondary N) is 1. The minimum atomic E-state index is -0.509. The van der Waals surface area contributed by atoms with Gasteiger partial charge in [-0.2, -0.15) is 9.49 Å². The number of hydrogen-bond acceptors (Lipinski definition) is 4. The lowest BCUT2D eigenvalue weighted by molar-refractivity contribution is -0.120. The number of pyridine rings is 2. The third kappa shape index (κ3) is 2.96. The van der Waals surface area contributed by atoms with Crippen molar-refractivity contribution >= 4 is 11.7 Å². The molecule has 0 aliphatic carbocycles. The van der Waals surface area contributed by atoms with E-state index in [-0.39, 0.29) is 11.8 Å². The van der Waals surface area contributed by atoms with E-state index >= 15 is 0 Å². The van der Waals surface area contributed by atoms with Crippen LogP contribution in [0.2, 0.25) is 0 Å². The van der Waals surface area contributed by atoms with Gasteiger partial charge in [0.25, 0.3) is 0 Å². The summed E-state index contributed by atoms with van der Waals surface area (Å²) in [5.74, 6) is 0.156. The van der Waals surface area contributed by atoms with Crippen LogP contribution in [0.1, 0.15) is 17.5 Å². The number of carbonyl (C=O) groups excluding carboxylic acids is 1. The Morgan fingerprint density at radius 2 is 2.08 bits per heavy atom. The molecule has 1 fully saturated rings. The summed E-state index contributed by atoms with van der Waals surface area (Å²) in [6, 6.07) is 6.79. The van der Waals surface area contributed by atoms with Crippen LogP contribution in [0.25, 0.3) is 11.3 Å². The molecule has 0 aromatic carbocycles. The first-order valence-corrected chi connectivity index (χ1v) is 8.50. The van der Waals surface area contributed by atoms with E-state index in [2.05, 4.69) is 20.2 Å². The van der Waals surface area contributed by atoms with Crippen molar-refractivity contribution in [3.05, 3.63) is 59.9 Å². The first kappa shape index (κ1) is 16.4. The highest BCUT2D eigenvalue weighted by molar-refractivity contribution is 5.97. The summed E-state index contributed by atoms with van der Waals surface area (Å²) in [7, 11) is 0. The molecule has 3 aromatic heterocycles. The third-order valence-electron chi connectivity index (χ3n) is 4.79. The Hall–Kier alpha value is -3.09. The first-order valence-electron chi connectivity index (χ1n) is 8.50. The van der Waals surface area contributed by atoms with Crippen LogP contribution < -0.4 is 4.90 Å². The molecule has 1 aliphatic heterocycles. The molecule has 132 valence electrons. The third-order valence-corrected chi connectivity index (χ3v) is 4.79. The van der Waals surface area contributed by atoms with E-state index in [1.165, 1.54) is 12.3 Å². The number of aromatic nitrogens is 4. The predicted molar refractivity (Wildman–Crippen MR) is 94.9 cm³/mol. The Bertz CT molecular complexity index is 923. The Morgan fingerprint density at radius 3 is 2.81 bits per heavy atom. The quantitative estimate of drug-likeness (QED) is 0.734. The van der Waals surface area contributed by atoms with Gasteiger partial charge >= 0.3 is 0 Å². The second-order valence-electron chi connectivity index (χ2n) is 6.45. The van der Waals surface area contributed by atoms with Gasteiger partial charge < -0.3 is 0 Å². The van der Waals surface area contributed by atoms with Gasteiger partial charge in [0.2, 0.25) is 11.9 Å². The summed E-state index contributed by atoms with van der Waals surface area (Å²) in [6.07, 6.45) is 6.24. The van der Waals surface area contributed by atoms with Gasteiger partial charge in [0.1, 0.15) is 5.82 Å². The molecular formula is C19H18FN5O. The number of H-pyrrole nitrogens is 1. The molecule has 7 heteroatoms. The Labute approximate surface area is 150 Å². The van der Waals surface area contributed by atoms with Crippen LogP contribution in [0.5, 0.6) is 0 Å². The summed E-state index contributed by atoms with van der Waals surface area (Å²) in [5.41, 5.74) is 3.58. The minimum Gasteiger partial charge on any atom is -0.297 e. The number of carbonyl (C=O) groups is 1. The molecule has 6 nitrogen and oxygen atoms in total. The lowest BCUT2D eigenvalue weighted by Crippen LogP contribution is -2.28. The molecular weight excluding hydrogens is 333 g/mol. The van der Waals surface area contributed by atoms with Gasteiger partial charge in [0.15, 0.2) is 0 Å². The summed E-state index contributed by atoms with van der Waals surface area (Å²) in [6.45, 7) is 2.59. The zero-order valence-electron chi connectivity index (χ0n) is 14.3. The van der Waals surface area contributed by atoms with Crippen LogP contribution in [-0.2, 0) is 11.2 Å². The van der Waals surface area contributed by atoms with Crippen LogP contribution in [-0.4, -0.2) is 32.6 Å². The van der Waals surface area contributed by atoms with Crippen molar-refractivity contribution in [2.24, 2.45) is 5.92 Å². The van der Waals surface area contributed by atoms with E-state index in [1.54, 1.807) is 23.4 Å². The van der Waals surface area contributed by atoms with Crippen molar-refractivity contribution < 1.29 is 9.18 Å². The fourth-order valence-electron chi connectivity index (χ4n) is 3.40. The molecule has 4 heterocycles. The molecule has 1 saturated heterocycles. The first-order chi connectivity index (χ1) is 12.6. The maximum atomic E-state index is 12.9. The summed E-state index contributed by atoms with van der Waals surface area (Å²) in [5, 5.41) is 7.39. The topological polar surface area (TPSA) is 74.8 Å². The average Bonchev–Trinajstić information content (AvgIpc) is 3.21. The molecule has 26 heavy (non-hydrogen) atoms. The number of nitrogens with zero attached hydrogens (tertiary/aromatic N) is 4. The van der Waals surface area contributed by atoms with Crippen LogP contribution in [0.15, 0.2) is 42.9 Å². The number of aromatic amines is 1. The lowest BCUT2D eigenvalue weighted by atomic mass is 9.99. The predicted octanol–water partition coefficient (Wildman–Crippen LogP) is 2.91. The van der Waals surface area contributed by atoms with Gasteiger partial charge in [-0.25, -0.2) is 4.98 Å². The van der Waals surface area contributed by atoms with Gasteiger partial charge in [-0.05, 0) is 43.5 Å². The molecule has 4 rings (SSSR count). The van der Waals surface area contributed by atoms with Crippen LogP contribution in [0.3, 0.4) is 0 Å². The number of rotatable bonds is 4. The SMILES string of the molecule is Cc1c(-c2ccncc2)n[nH]c1N1CC[C@H](Cc2ccc(F)nc2)C1=O. The van der Waals surface area contributed by atoms with Gasteiger partial charge in [0, 0.05) is 42.2 Å². The van der Waals surface area contributed by atoms with Gasteiger partial charge in [0.05, 0.1) is 5.69 Å². The summed E-state index contributed by atoms with van der Waals surface area (Å²) >= 11 is 0. The van der Waals surface area contributed by atoms with Crippen molar-refractivity contribution in [1.82, 2.24) is 20.2 Å². The van der Waals surface area contributed by atoms with Crippen LogP contribution in [0.4, 0.5) is 10.2 Å². The van der Waals surface area contributed by atoms with E-state index in [4.69, 9.17) is 0 Å². The minimum absolute atomic E-state index is 0.0577. The second kappa shape index (κ2) is 6.67. The highest BCUT2D eigenvalue weighted by atomic mass is 19.1. The van der Waals surface area contributed by atoms with Crippen molar-refractivity contribution in [2.45, 2.75) is 19.8 Å². The Balaban J connectivity index is 1.53. The van der Waals surface area contributed by atoms with Gasteiger partial charge in [-0.15, -0.1) is 0 Å². The van der Waals surface area contributed by atoms with E-state index in [0.29, 0.717) is 13.0 Å². The summed E-state index contributed by atoms with van der Waals surface area (Å²) in [4.78, 5) is 22.3. The zero-order chi connectivity index (χ0) is 18.1. The van der Waals surface area contributed by atoms with Gasteiger partial charge in [-0.3, -0.25) is 19.8 Å². The highest BCUT2D eigenvalue weighted by Crippen LogP contribution is 2.32. The Morgan fingerprint density at radius 1 is 1.27 bits per heavy atom. The standard InChI is InChI=1S/C19H18FN5O/c1-12-17(14-4-7-21-8-5-14)23-24-18(12)25-9-6-15(19(25)26)10-13-2-3-16(20)22-11-13/h2-5,7-8,11,15H,6,9-10H2,1H3,(H,23,24)/t15-/m1/s1. The molecule has 0 saturated carbocycles.